The maximum atomic E-state index is 13.4. The number of carbonyl (C=O) groups excluding carboxylic acids is 2. The molecule has 0 unspecified atom stereocenters. The smallest absolute Gasteiger partial charge is 0.255 e. The highest BCUT2D eigenvalue weighted by molar-refractivity contribution is 5.95. The molecule has 5 nitrogen and oxygen atoms in total. The summed E-state index contributed by atoms with van der Waals surface area (Å²) in [5.41, 5.74) is 4.77. The summed E-state index contributed by atoms with van der Waals surface area (Å²) in [4.78, 5) is 21.6. The quantitative estimate of drug-likeness (QED) is 0.835. The van der Waals surface area contributed by atoms with Crippen molar-refractivity contribution < 1.29 is 23.1 Å². The third-order valence-corrected chi connectivity index (χ3v) is 2.39. The van der Waals surface area contributed by atoms with Crippen LogP contribution in [0.15, 0.2) is 34.7 Å². The Kier molecular flexibility index (Phi) is 3.61. The lowest BCUT2D eigenvalue weighted by Crippen LogP contribution is -2.15. The van der Waals surface area contributed by atoms with Crippen molar-refractivity contribution in [3.63, 3.8) is 0 Å². The van der Waals surface area contributed by atoms with Crippen molar-refractivity contribution in [2.75, 3.05) is 0 Å². The van der Waals surface area contributed by atoms with E-state index in [1.54, 1.807) is 6.07 Å². The Morgan fingerprint density at radius 2 is 2.16 bits per heavy atom. The predicted molar refractivity (Wildman–Crippen MR) is 63.3 cm³/mol. The molecule has 98 valence electrons. The second kappa shape index (κ2) is 5.34. The highest BCUT2D eigenvalue weighted by atomic mass is 19.1. The highest BCUT2D eigenvalue weighted by Gasteiger charge is 2.15. The summed E-state index contributed by atoms with van der Waals surface area (Å²) >= 11 is 0. The first kappa shape index (κ1) is 12.8. The molecule has 0 aliphatic heterocycles. The van der Waals surface area contributed by atoms with Gasteiger partial charge in [-0.05, 0) is 24.3 Å². The second-order valence-corrected chi connectivity index (χ2v) is 3.69. The van der Waals surface area contributed by atoms with Gasteiger partial charge < -0.3 is 14.9 Å². The van der Waals surface area contributed by atoms with Gasteiger partial charge in [-0.1, -0.05) is 6.07 Å². The van der Waals surface area contributed by atoms with Crippen LogP contribution < -0.4 is 10.5 Å². The third-order valence-electron chi connectivity index (χ3n) is 2.39. The number of amides is 1. The topological polar surface area (TPSA) is 82.5 Å². The van der Waals surface area contributed by atoms with Gasteiger partial charge in [-0.2, -0.15) is 0 Å². The Balaban J connectivity index is 2.17. The molecule has 2 rings (SSSR count). The first-order valence-corrected chi connectivity index (χ1v) is 5.37. The Morgan fingerprint density at radius 1 is 1.37 bits per heavy atom. The van der Waals surface area contributed by atoms with E-state index in [-0.39, 0.29) is 23.7 Å². The molecule has 0 aliphatic rings. The molecule has 0 saturated carbocycles. The lowest BCUT2D eigenvalue weighted by atomic mass is 10.2. The first-order valence-electron chi connectivity index (χ1n) is 5.37. The lowest BCUT2D eigenvalue weighted by Gasteiger charge is -2.08. The van der Waals surface area contributed by atoms with Gasteiger partial charge in [0, 0.05) is 0 Å². The number of furan rings is 1. The van der Waals surface area contributed by atoms with Crippen molar-refractivity contribution in [1.29, 1.82) is 0 Å². The minimum Gasteiger partial charge on any atom is -0.485 e. The number of nitrogens with two attached hydrogens (primary N) is 1. The molecule has 0 bridgehead atoms. The second-order valence-electron chi connectivity index (χ2n) is 3.69. The monoisotopic (exact) mass is 263 g/mol. The molecule has 1 amide bonds. The van der Waals surface area contributed by atoms with E-state index in [0.717, 1.165) is 6.07 Å². The minimum atomic E-state index is -0.916. The average Bonchev–Trinajstić information content (AvgIpc) is 2.83. The molecule has 0 spiro atoms. The molecule has 0 atom stereocenters. The van der Waals surface area contributed by atoms with Crippen molar-refractivity contribution >= 4 is 12.2 Å². The van der Waals surface area contributed by atoms with Crippen LogP contribution in [0.5, 0.6) is 5.75 Å². The molecule has 0 aliphatic carbocycles. The summed E-state index contributed by atoms with van der Waals surface area (Å²) in [6.07, 6.45) is 0.556. The molecule has 1 aromatic heterocycles. The van der Waals surface area contributed by atoms with Gasteiger partial charge >= 0.3 is 0 Å². The number of hydrogen-bond donors (Lipinski definition) is 1. The van der Waals surface area contributed by atoms with Crippen LogP contribution in [-0.4, -0.2) is 12.2 Å². The third kappa shape index (κ3) is 2.79. The van der Waals surface area contributed by atoms with E-state index in [4.69, 9.17) is 14.9 Å². The first-order chi connectivity index (χ1) is 9.11. The summed E-state index contributed by atoms with van der Waals surface area (Å²) in [5, 5.41) is 0. The Bertz CT molecular complexity index is 621. The zero-order chi connectivity index (χ0) is 13.8. The Labute approximate surface area is 107 Å². The van der Waals surface area contributed by atoms with Crippen LogP contribution in [0.25, 0.3) is 0 Å². The van der Waals surface area contributed by atoms with Crippen molar-refractivity contribution in [2.45, 2.75) is 6.61 Å². The van der Waals surface area contributed by atoms with Gasteiger partial charge in [0.2, 0.25) is 0 Å². The van der Waals surface area contributed by atoms with Crippen molar-refractivity contribution in [3.05, 3.63) is 53.2 Å². The Hall–Kier alpha value is -2.63. The van der Waals surface area contributed by atoms with Gasteiger partial charge in [0.15, 0.2) is 12.0 Å². The molecule has 1 heterocycles. The van der Waals surface area contributed by atoms with Crippen LogP contribution in [0.2, 0.25) is 0 Å². The molecular formula is C13H10FNO4. The molecule has 2 aromatic rings. The number of aldehydes is 1. The summed E-state index contributed by atoms with van der Waals surface area (Å²) in [6, 6.07) is 6.96. The molecule has 0 saturated heterocycles. The zero-order valence-corrected chi connectivity index (χ0v) is 9.76. The van der Waals surface area contributed by atoms with Crippen LogP contribution >= 0.6 is 0 Å². The summed E-state index contributed by atoms with van der Waals surface area (Å²) < 4.78 is 23.8. The molecule has 0 fully saturated rings. The molecular weight excluding hydrogens is 253 g/mol. The molecule has 6 heteroatoms. The van der Waals surface area contributed by atoms with Crippen molar-refractivity contribution in [2.24, 2.45) is 5.73 Å². The van der Waals surface area contributed by atoms with E-state index in [1.807, 2.05) is 0 Å². The Morgan fingerprint density at radius 3 is 2.79 bits per heavy atom. The van der Waals surface area contributed by atoms with E-state index >= 15 is 0 Å². The normalized spacial score (nSPS) is 10.2. The maximum absolute atomic E-state index is 13.4. The maximum Gasteiger partial charge on any atom is 0.255 e. The van der Waals surface area contributed by atoms with E-state index in [0.29, 0.717) is 12.0 Å². The van der Waals surface area contributed by atoms with Gasteiger partial charge in [-0.15, -0.1) is 0 Å². The van der Waals surface area contributed by atoms with Crippen LogP contribution in [0.1, 0.15) is 26.7 Å². The van der Waals surface area contributed by atoms with Crippen molar-refractivity contribution in [1.82, 2.24) is 0 Å². The SMILES string of the molecule is NC(=O)c1c(F)cccc1OCc1ccc(C=O)o1. The fourth-order valence-corrected chi connectivity index (χ4v) is 1.55. The molecule has 0 radical (unpaired) electrons. The number of carbonyl (C=O) groups is 2. The standard InChI is InChI=1S/C13H10FNO4/c14-10-2-1-3-11(12(10)13(15)17)18-7-9-5-4-8(6-16)19-9/h1-6H,7H2,(H2,15,17). The number of hydrogen-bond acceptors (Lipinski definition) is 4. The number of benzene rings is 1. The number of halogens is 1. The molecule has 1 aromatic carbocycles. The van der Waals surface area contributed by atoms with E-state index < -0.39 is 11.7 Å². The summed E-state index contributed by atoms with van der Waals surface area (Å²) in [7, 11) is 0. The average molecular weight is 263 g/mol. The van der Waals surface area contributed by atoms with Gasteiger partial charge in [-0.3, -0.25) is 9.59 Å². The van der Waals surface area contributed by atoms with E-state index in [1.165, 1.54) is 18.2 Å². The van der Waals surface area contributed by atoms with Gasteiger partial charge in [0.25, 0.3) is 5.91 Å². The summed E-state index contributed by atoms with van der Waals surface area (Å²) in [6.45, 7) is -0.0441. The number of rotatable bonds is 5. The van der Waals surface area contributed by atoms with Crippen LogP contribution in [-0.2, 0) is 6.61 Å². The van der Waals surface area contributed by atoms with E-state index in [9.17, 15) is 14.0 Å². The van der Waals surface area contributed by atoms with Gasteiger partial charge in [0.05, 0.1) is 0 Å². The predicted octanol–water partition coefficient (Wildman–Crippen LogP) is 1.91. The van der Waals surface area contributed by atoms with Gasteiger partial charge in [0.1, 0.15) is 29.5 Å². The van der Waals surface area contributed by atoms with Gasteiger partial charge in [-0.25, -0.2) is 4.39 Å². The summed E-state index contributed by atoms with van der Waals surface area (Å²) in [5.74, 6) is -1.11. The largest absolute Gasteiger partial charge is 0.485 e. The number of primary amides is 1. The lowest BCUT2D eigenvalue weighted by molar-refractivity contribution is 0.0991. The minimum absolute atomic E-state index is 0.0246. The van der Waals surface area contributed by atoms with Crippen molar-refractivity contribution in [3.8, 4) is 5.75 Å². The van der Waals surface area contributed by atoms with Crippen LogP contribution in [0, 0.1) is 5.82 Å². The van der Waals surface area contributed by atoms with Crippen LogP contribution in [0.4, 0.5) is 4.39 Å². The fraction of sp³-hybridized carbons (Fsp3) is 0.0769. The highest BCUT2D eigenvalue weighted by Crippen LogP contribution is 2.22. The zero-order valence-electron chi connectivity index (χ0n) is 9.76. The molecule has 19 heavy (non-hydrogen) atoms. The number of ether oxygens (including phenoxy) is 1. The fourth-order valence-electron chi connectivity index (χ4n) is 1.55. The van der Waals surface area contributed by atoms with E-state index in [2.05, 4.69) is 0 Å². The van der Waals surface area contributed by atoms with Crippen LogP contribution in [0.3, 0.4) is 0 Å². The molecule has 2 N–H and O–H groups in total.